The molecule has 1 aliphatic heterocycles. The Morgan fingerprint density at radius 2 is 2.22 bits per heavy atom. The number of piperidine rings is 1. The average Bonchev–Trinajstić information content (AvgIpc) is 2.37. The molecule has 0 radical (unpaired) electrons. The number of ether oxygens (including phenoxy) is 1. The van der Waals surface area contributed by atoms with E-state index in [-0.39, 0.29) is 24.5 Å². The zero-order chi connectivity index (χ0) is 13.4. The summed E-state index contributed by atoms with van der Waals surface area (Å²) in [7, 11) is 1.51. The third-order valence-electron chi connectivity index (χ3n) is 3.12. The second-order valence-corrected chi connectivity index (χ2v) is 4.51. The van der Waals surface area contributed by atoms with Crippen LogP contribution in [0, 0.1) is 0 Å². The van der Waals surface area contributed by atoms with Crippen molar-refractivity contribution >= 4 is 11.8 Å². The van der Waals surface area contributed by atoms with Crippen LogP contribution in [0.4, 0.5) is 0 Å². The molecular weight excluding hydrogens is 234 g/mol. The van der Waals surface area contributed by atoms with Crippen LogP contribution in [-0.4, -0.2) is 56.1 Å². The fraction of sp³-hybridized carbons (Fsp3) is 0.833. The minimum absolute atomic E-state index is 0.00438. The predicted molar refractivity (Wildman–Crippen MR) is 67.9 cm³/mol. The number of nitrogens with one attached hydrogen (secondary N) is 1. The lowest BCUT2D eigenvalue weighted by molar-refractivity contribution is -0.139. The molecule has 0 aromatic carbocycles. The molecule has 0 bridgehead atoms. The van der Waals surface area contributed by atoms with E-state index < -0.39 is 0 Å². The highest BCUT2D eigenvalue weighted by molar-refractivity contribution is 5.78. The maximum absolute atomic E-state index is 11.8. The maximum Gasteiger partial charge on any atom is 0.248 e. The second-order valence-electron chi connectivity index (χ2n) is 4.51. The molecule has 2 amide bonds. The van der Waals surface area contributed by atoms with Crippen LogP contribution in [0.5, 0.6) is 0 Å². The zero-order valence-electron chi connectivity index (χ0n) is 11.0. The summed E-state index contributed by atoms with van der Waals surface area (Å²) in [5, 5.41) is 2.83. The molecule has 0 aromatic heterocycles. The molecule has 1 heterocycles. The van der Waals surface area contributed by atoms with Gasteiger partial charge >= 0.3 is 0 Å². The van der Waals surface area contributed by atoms with Gasteiger partial charge in [0.15, 0.2) is 0 Å². The Bertz CT molecular complexity index is 284. The summed E-state index contributed by atoms with van der Waals surface area (Å²) in [5.74, 6) is -0.0579. The molecule has 1 aliphatic rings. The highest BCUT2D eigenvalue weighted by Gasteiger charge is 2.26. The molecule has 1 atom stereocenters. The minimum Gasteiger partial charge on any atom is -0.375 e. The Hall–Kier alpha value is -1.14. The molecular formula is C12H23N3O3. The second kappa shape index (κ2) is 8.05. The lowest BCUT2D eigenvalue weighted by atomic mass is 10.0. The monoisotopic (exact) mass is 257 g/mol. The summed E-state index contributed by atoms with van der Waals surface area (Å²) in [5.41, 5.74) is 5.31. The van der Waals surface area contributed by atoms with Gasteiger partial charge in [0.1, 0.15) is 6.61 Å². The van der Waals surface area contributed by atoms with Crippen LogP contribution in [0.1, 0.15) is 25.7 Å². The lowest BCUT2D eigenvalue weighted by Gasteiger charge is -2.35. The fourth-order valence-electron chi connectivity index (χ4n) is 2.20. The molecule has 104 valence electrons. The van der Waals surface area contributed by atoms with Crippen molar-refractivity contribution in [3.05, 3.63) is 0 Å². The number of hydrogen-bond acceptors (Lipinski definition) is 4. The Kier molecular flexibility index (Phi) is 6.67. The first-order valence-electron chi connectivity index (χ1n) is 6.44. The van der Waals surface area contributed by atoms with Crippen molar-refractivity contribution in [2.45, 2.75) is 31.7 Å². The van der Waals surface area contributed by atoms with Crippen molar-refractivity contribution in [2.75, 3.05) is 33.4 Å². The molecule has 18 heavy (non-hydrogen) atoms. The van der Waals surface area contributed by atoms with Crippen molar-refractivity contribution in [3.8, 4) is 0 Å². The average molecular weight is 257 g/mol. The van der Waals surface area contributed by atoms with E-state index in [1.165, 1.54) is 7.11 Å². The Morgan fingerprint density at radius 3 is 2.89 bits per heavy atom. The first-order valence-corrected chi connectivity index (χ1v) is 6.44. The van der Waals surface area contributed by atoms with Gasteiger partial charge in [0.2, 0.25) is 11.8 Å². The molecule has 3 N–H and O–H groups in total. The summed E-state index contributed by atoms with van der Waals surface area (Å²) in [4.78, 5) is 25.0. The van der Waals surface area contributed by atoms with Crippen molar-refractivity contribution in [1.29, 1.82) is 0 Å². The Balaban J connectivity index is 2.44. The number of carbonyl (C=O) groups excluding carboxylic acids is 2. The van der Waals surface area contributed by atoms with E-state index in [4.69, 9.17) is 10.5 Å². The van der Waals surface area contributed by atoms with E-state index in [0.29, 0.717) is 19.5 Å². The summed E-state index contributed by atoms with van der Waals surface area (Å²) in [6.45, 7) is 1.71. The molecule has 1 fully saturated rings. The van der Waals surface area contributed by atoms with Gasteiger partial charge in [-0.15, -0.1) is 0 Å². The number of methoxy groups -OCH3 is 1. The minimum atomic E-state index is -0.0535. The number of amides is 2. The third-order valence-corrected chi connectivity index (χ3v) is 3.12. The maximum atomic E-state index is 11.8. The summed E-state index contributed by atoms with van der Waals surface area (Å²) >= 11 is 0. The Morgan fingerprint density at radius 1 is 1.44 bits per heavy atom. The van der Waals surface area contributed by atoms with E-state index in [1.807, 2.05) is 4.90 Å². The van der Waals surface area contributed by atoms with E-state index in [9.17, 15) is 9.59 Å². The van der Waals surface area contributed by atoms with Crippen LogP contribution >= 0.6 is 0 Å². The van der Waals surface area contributed by atoms with Gasteiger partial charge < -0.3 is 20.7 Å². The molecule has 6 nitrogen and oxygen atoms in total. The number of carbonyl (C=O) groups is 2. The van der Waals surface area contributed by atoms with Crippen LogP contribution in [0.15, 0.2) is 0 Å². The fourth-order valence-corrected chi connectivity index (χ4v) is 2.20. The van der Waals surface area contributed by atoms with Crippen LogP contribution in [-0.2, 0) is 14.3 Å². The number of nitrogens with two attached hydrogens (primary N) is 1. The van der Waals surface area contributed by atoms with Crippen LogP contribution in [0.3, 0.4) is 0 Å². The van der Waals surface area contributed by atoms with Crippen molar-refractivity contribution < 1.29 is 14.3 Å². The van der Waals surface area contributed by atoms with Gasteiger partial charge in [0.05, 0.1) is 0 Å². The highest BCUT2D eigenvalue weighted by atomic mass is 16.5. The molecule has 0 aromatic rings. The standard InChI is InChI=1S/C12H23N3O3/c1-18-9-12(17)15-7-3-2-4-10(15)8-14-11(16)5-6-13/h10H,2-9,13H2,1H3,(H,14,16). The molecule has 1 unspecified atom stereocenters. The van der Waals surface area contributed by atoms with E-state index >= 15 is 0 Å². The SMILES string of the molecule is COCC(=O)N1CCCCC1CNC(=O)CCN. The van der Waals surface area contributed by atoms with Crippen LogP contribution < -0.4 is 11.1 Å². The van der Waals surface area contributed by atoms with Crippen molar-refractivity contribution in [2.24, 2.45) is 5.73 Å². The van der Waals surface area contributed by atoms with Gasteiger partial charge in [0, 0.05) is 39.2 Å². The first kappa shape index (κ1) is 14.9. The number of likely N-dealkylation sites (tertiary alicyclic amines) is 1. The van der Waals surface area contributed by atoms with Gasteiger partial charge in [-0.2, -0.15) is 0 Å². The van der Waals surface area contributed by atoms with Crippen molar-refractivity contribution in [1.82, 2.24) is 10.2 Å². The van der Waals surface area contributed by atoms with Crippen molar-refractivity contribution in [3.63, 3.8) is 0 Å². The molecule has 0 aliphatic carbocycles. The van der Waals surface area contributed by atoms with Gasteiger partial charge in [-0.1, -0.05) is 0 Å². The summed E-state index contributed by atoms with van der Waals surface area (Å²) in [6.07, 6.45) is 3.37. The molecule has 6 heteroatoms. The normalized spacial score (nSPS) is 19.7. The largest absolute Gasteiger partial charge is 0.375 e. The summed E-state index contributed by atoms with van der Waals surface area (Å²) in [6, 6.07) is 0.0862. The quantitative estimate of drug-likeness (QED) is 0.670. The van der Waals surface area contributed by atoms with Crippen LogP contribution in [0.2, 0.25) is 0 Å². The lowest BCUT2D eigenvalue weighted by Crippen LogP contribution is -2.50. The number of rotatable bonds is 6. The number of hydrogen-bond donors (Lipinski definition) is 2. The van der Waals surface area contributed by atoms with Crippen LogP contribution in [0.25, 0.3) is 0 Å². The first-order chi connectivity index (χ1) is 8.69. The van der Waals surface area contributed by atoms with Gasteiger partial charge in [0.25, 0.3) is 0 Å². The smallest absolute Gasteiger partial charge is 0.248 e. The van der Waals surface area contributed by atoms with Gasteiger partial charge in [-0.3, -0.25) is 9.59 Å². The Labute approximate surface area is 108 Å². The highest BCUT2D eigenvalue weighted by Crippen LogP contribution is 2.16. The van der Waals surface area contributed by atoms with E-state index in [0.717, 1.165) is 25.8 Å². The topological polar surface area (TPSA) is 84.7 Å². The predicted octanol–water partition coefficient (Wildman–Crippen LogP) is -0.521. The van der Waals surface area contributed by atoms with E-state index in [1.54, 1.807) is 0 Å². The molecule has 0 saturated carbocycles. The third kappa shape index (κ3) is 4.62. The molecule has 0 spiro atoms. The van der Waals surface area contributed by atoms with Gasteiger partial charge in [-0.05, 0) is 19.3 Å². The van der Waals surface area contributed by atoms with E-state index in [2.05, 4.69) is 5.32 Å². The molecule has 1 rings (SSSR count). The number of nitrogens with zero attached hydrogens (tertiary/aromatic N) is 1. The molecule has 1 saturated heterocycles. The van der Waals surface area contributed by atoms with Gasteiger partial charge in [-0.25, -0.2) is 0 Å². The zero-order valence-corrected chi connectivity index (χ0v) is 11.0. The summed E-state index contributed by atoms with van der Waals surface area (Å²) < 4.78 is 4.87.